The van der Waals surface area contributed by atoms with Gasteiger partial charge in [-0.15, -0.1) is 0 Å². The van der Waals surface area contributed by atoms with E-state index in [2.05, 4.69) is 20.9 Å². The Morgan fingerprint density at radius 2 is 1.50 bits per heavy atom. The van der Waals surface area contributed by atoms with E-state index in [-0.39, 0.29) is 18.0 Å². The van der Waals surface area contributed by atoms with Crippen molar-refractivity contribution < 1.29 is 9.59 Å². The lowest BCUT2D eigenvalue weighted by Crippen LogP contribution is -2.34. The molecule has 0 saturated carbocycles. The molecule has 1 aromatic heterocycles. The molecule has 6 nitrogen and oxygen atoms in total. The van der Waals surface area contributed by atoms with Crippen molar-refractivity contribution in [3.05, 3.63) is 66.4 Å². The van der Waals surface area contributed by atoms with Gasteiger partial charge in [0.05, 0.1) is 5.52 Å². The van der Waals surface area contributed by atoms with Gasteiger partial charge >= 0.3 is 6.03 Å². The molecule has 0 fully saturated rings. The number of rotatable bonds is 4. The van der Waals surface area contributed by atoms with Crippen LogP contribution in [0.15, 0.2) is 60.7 Å². The van der Waals surface area contributed by atoms with Crippen LogP contribution in [0.5, 0.6) is 0 Å². The molecule has 2 aromatic carbocycles. The van der Waals surface area contributed by atoms with Crippen molar-refractivity contribution in [2.45, 2.75) is 19.9 Å². The number of para-hydroxylation sites is 1. The Labute approximate surface area is 151 Å². The van der Waals surface area contributed by atoms with Gasteiger partial charge < -0.3 is 16.0 Å². The molecule has 0 saturated heterocycles. The van der Waals surface area contributed by atoms with Crippen molar-refractivity contribution in [2.24, 2.45) is 0 Å². The number of carbonyl (C=O) groups is 2. The summed E-state index contributed by atoms with van der Waals surface area (Å²) in [7, 11) is 0. The first-order valence-corrected chi connectivity index (χ1v) is 8.36. The molecular formula is C20H20N4O2. The first-order chi connectivity index (χ1) is 12.5. The molecule has 0 atom stereocenters. The van der Waals surface area contributed by atoms with Gasteiger partial charge in [-0.1, -0.05) is 24.3 Å². The third kappa shape index (κ3) is 4.36. The lowest BCUT2D eigenvalue weighted by atomic mass is 10.2. The lowest BCUT2D eigenvalue weighted by molar-refractivity contribution is 0.102. The summed E-state index contributed by atoms with van der Waals surface area (Å²) in [6.07, 6.45) is 0. The molecule has 26 heavy (non-hydrogen) atoms. The van der Waals surface area contributed by atoms with Crippen LogP contribution in [-0.2, 0) is 0 Å². The number of anilines is 2. The molecule has 0 unspecified atom stereocenters. The molecule has 3 amide bonds. The van der Waals surface area contributed by atoms with Crippen LogP contribution in [0.25, 0.3) is 10.9 Å². The SMILES string of the molecule is CC(C)NC(=O)Nc1ccc(NC(=O)c2ccc3ccccc3n2)cc1. The molecular weight excluding hydrogens is 328 g/mol. The van der Waals surface area contributed by atoms with Gasteiger partial charge in [-0.2, -0.15) is 0 Å². The molecule has 0 bridgehead atoms. The zero-order valence-corrected chi connectivity index (χ0v) is 14.6. The highest BCUT2D eigenvalue weighted by atomic mass is 16.2. The van der Waals surface area contributed by atoms with E-state index in [4.69, 9.17) is 0 Å². The Bertz CT molecular complexity index is 936. The fourth-order valence-electron chi connectivity index (χ4n) is 2.45. The summed E-state index contributed by atoms with van der Waals surface area (Å²) < 4.78 is 0. The number of hydrogen-bond acceptors (Lipinski definition) is 3. The van der Waals surface area contributed by atoms with Gasteiger partial charge in [-0.05, 0) is 50.2 Å². The molecule has 132 valence electrons. The predicted octanol–water partition coefficient (Wildman–Crippen LogP) is 4.02. The highest BCUT2D eigenvalue weighted by Crippen LogP contribution is 2.16. The highest BCUT2D eigenvalue weighted by Gasteiger charge is 2.09. The first kappa shape index (κ1) is 17.4. The zero-order chi connectivity index (χ0) is 18.5. The molecule has 6 heteroatoms. The maximum atomic E-state index is 12.4. The summed E-state index contributed by atoms with van der Waals surface area (Å²) in [5.74, 6) is -0.283. The Morgan fingerprint density at radius 1 is 0.846 bits per heavy atom. The average molecular weight is 348 g/mol. The molecule has 0 radical (unpaired) electrons. The van der Waals surface area contributed by atoms with Gasteiger partial charge in [-0.25, -0.2) is 9.78 Å². The minimum atomic E-state index is -0.283. The van der Waals surface area contributed by atoms with E-state index in [1.807, 2.05) is 44.2 Å². The van der Waals surface area contributed by atoms with Crippen LogP contribution < -0.4 is 16.0 Å². The predicted molar refractivity (Wildman–Crippen MR) is 103 cm³/mol. The second-order valence-corrected chi connectivity index (χ2v) is 6.17. The summed E-state index contributed by atoms with van der Waals surface area (Å²) in [4.78, 5) is 28.4. The van der Waals surface area contributed by atoms with E-state index >= 15 is 0 Å². The number of fused-ring (bicyclic) bond motifs is 1. The van der Waals surface area contributed by atoms with Crippen molar-refractivity contribution in [1.29, 1.82) is 0 Å². The minimum absolute atomic E-state index is 0.0583. The monoisotopic (exact) mass is 348 g/mol. The van der Waals surface area contributed by atoms with Crippen molar-refractivity contribution in [1.82, 2.24) is 10.3 Å². The molecule has 3 N–H and O–H groups in total. The number of carbonyl (C=O) groups excluding carboxylic acids is 2. The highest BCUT2D eigenvalue weighted by molar-refractivity contribution is 6.04. The third-order valence-corrected chi connectivity index (χ3v) is 3.65. The summed E-state index contributed by atoms with van der Waals surface area (Å²) in [5, 5.41) is 9.27. The van der Waals surface area contributed by atoms with Gasteiger partial charge in [0.1, 0.15) is 5.69 Å². The van der Waals surface area contributed by atoms with Crippen LogP contribution in [0.2, 0.25) is 0 Å². The van der Waals surface area contributed by atoms with Gasteiger partial charge in [0.2, 0.25) is 0 Å². The molecule has 0 aliphatic heterocycles. The van der Waals surface area contributed by atoms with Crippen molar-refractivity contribution in [2.75, 3.05) is 10.6 Å². The fourth-order valence-corrected chi connectivity index (χ4v) is 2.45. The lowest BCUT2D eigenvalue weighted by Gasteiger charge is -2.11. The van der Waals surface area contributed by atoms with E-state index in [1.54, 1.807) is 30.3 Å². The topological polar surface area (TPSA) is 83.1 Å². The maximum absolute atomic E-state index is 12.4. The van der Waals surface area contributed by atoms with E-state index in [0.717, 1.165) is 10.9 Å². The number of hydrogen-bond donors (Lipinski definition) is 3. The number of amides is 3. The summed E-state index contributed by atoms with van der Waals surface area (Å²) >= 11 is 0. The summed E-state index contributed by atoms with van der Waals surface area (Å²) in [6.45, 7) is 3.78. The van der Waals surface area contributed by atoms with Gasteiger partial charge in [0.15, 0.2) is 0 Å². The molecule has 3 rings (SSSR count). The van der Waals surface area contributed by atoms with Gasteiger partial charge in [0.25, 0.3) is 5.91 Å². The van der Waals surface area contributed by atoms with Crippen molar-refractivity contribution in [3.8, 4) is 0 Å². The number of nitrogens with zero attached hydrogens (tertiary/aromatic N) is 1. The molecule has 0 spiro atoms. The smallest absolute Gasteiger partial charge is 0.319 e. The Morgan fingerprint density at radius 3 is 2.19 bits per heavy atom. The van der Waals surface area contributed by atoms with Crippen LogP contribution in [0.3, 0.4) is 0 Å². The minimum Gasteiger partial charge on any atom is -0.336 e. The molecule has 0 aliphatic carbocycles. The molecule has 3 aromatic rings. The van der Waals surface area contributed by atoms with E-state index in [9.17, 15) is 9.59 Å². The number of nitrogens with one attached hydrogen (secondary N) is 3. The summed E-state index contributed by atoms with van der Waals surface area (Å²) in [6, 6.07) is 17.9. The van der Waals surface area contributed by atoms with Gasteiger partial charge in [0, 0.05) is 22.8 Å². The molecule has 0 aliphatic rings. The van der Waals surface area contributed by atoms with E-state index < -0.39 is 0 Å². The van der Waals surface area contributed by atoms with Crippen molar-refractivity contribution in [3.63, 3.8) is 0 Å². The number of pyridine rings is 1. The fraction of sp³-hybridized carbons (Fsp3) is 0.150. The third-order valence-electron chi connectivity index (χ3n) is 3.65. The van der Waals surface area contributed by atoms with E-state index in [1.165, 1.54) is 0 Å². The summed E-state index contributed by atoms with van der Waals surface area (Å²) in [5.41, 5.74) is 2.39. The normalized spacial score (nSPS) is 10.6. The second kappa shape index (κ2) is 7.65. The number of aromatic nitrogens is 1. The zero-order valence-electron chi connectivity index (χ0n) is 14.6. The van der Waals surface area contributed by atoms with Crippen LogP contribution in [0, 0.1) is 0 Å². The quantitative estimate of drug-likeness (QED) is 0.666. The molecule has 1 heterocycles. The van der Waals surface area contributed by atoms with E-state index in [0.29, 0.717) is 17.1 Å². The Kier molecular flexibility index (Phi) is 5.12. The number of urea groups is 1. The second-order valence-electron chi connectivity index (χ2n) is 6.17. The van der Waals surface area contributed by atoms with Crippen LogP contribution in [-0.4, -0.2) is 23.0 Å². The van der Waals surface area contributed by atoms with Crippen LogP contribution >= 0.6 is 0 Å². The average Bonchev–Trinajstić information content (AvgIpc) is 2.62. The van der Waals surface area contributed by atoms with Crippen molar-refractivity contribution >= 4 is 34.2 Å². The van der Waals surface area contributed by atoms with Crippen LogP contribution in [0.4, 0.5) is 16.2 Å². The largest absolute Gasteiger partial charge is 0.336 e. The Hall–Kier alpha value is -3.41. The van der Waals surface area contributed by atoms with Crippen LogP contribution in [0.1, 0.15) is 24.3 Å². The first-order valence-electron chi connectivity index (χ1n) is 8.36. The maximum Gasteiger partial charge on any atom is 0.319 e. The Balaban J connectivity index is 1.66. The van der Waals surface area contributed by atoms with Gasteiger partial charge in [-0.3, -0.25) is 4.79 Å². The standard InChI is InChI=1S/C20H20N4O2/c1-13(2)21-20(26)23-16-10-8-15(9-11-16)22-19(25)18-12-7-14-5-3-4-6-17(14)24-18/h3-13H,1-2H3,(H,22,25)(H2,21,23,26). The number of benzene rings is 2.